The van der Waals surface area contributed by atoms with Gasteiger partial charge in [-0.2, -0.15) is 5.10 Å². The topological polar surface area (TPSA) is 98.6 Å². The Kier molecular flexibility index (Phi) is 6.28. The monoisotopic (exact) mass is 471 g/mol. The first-order valence-corrected chi connectivity index (χ1v) is 12.1. The summed E-state index contributed by atoms with van der Waals surface area (Å²) in [4.78, 5) is 26.7. The average molecular weight is 472 g/mol. The molecule has 1 fully saturated rings. The predicted molar refractivity (Wildman–Crippen MR) is 119 cm³/mol. The van der Waals surface area contributed by atoms with E-state index in [2.05, 4.69) is 5.10 Å². The highest BCUT2D eigenvalue weighted by Crippen LogP contribution is 2.25. The molecule has 2 heterocycles. The normalized spacial score (nSPS) is 17.0. The summed E-state index contributed by atoms with van der Waals surface area (Å²) < 4.78 is 43.5. The van der Waals surface area contributed by atoms with E-state index in [1.807, 2.05) is 30.3 Å². The number of nitrogens with zero attached hydrogens (tertiary/aromatic N) is 3. The SMILES string of the molecule is CN(C(=O)COC(=O)c1cn(-c2ccccc2)nc1-c1ccc(F)cc1)C1CCS(=O)(=O)C1. The van der Waals surface area contributed by atoms with Gasteiger partial charge in [0.05, 0.1) is 17.2 Å². The van der Waals surface area contributed by atoms with Crippen LogP contribution >= 0.6 is 0 Å². The molecule has 0 saturated carbocycles. The molecular weight excluding hydrogens is 449 g/mol. The molecule has 3 aromatic rings. The Morgan fingerprint density at radius 1 is 1.15 bits per heavy atom. The summed E-state index contributed by atoms with van der Waals surface area (Å²) in [5, 5.41) is 4.47. The van der Waals surface area contributed by atoms with Crippen molar-refractivity contribution in [2.24, 2.45) is 0 Å². The second-order valence-electron chi connectivity index (χ2n) is 7.82. The minimum atomic E-state index is -3.15. The van der Waals surface area contributed by atoms with Crippen molar-refractivity contribution in [2.45, 2.75) is 12.5 Å². The third kappa shape index (κ3) is 5.11. The lowest BCUT2D eigenvalue weighted by Crippen LogP contribution is -2.40. The van der Waals surface area contributed by atoms with Crippen molar-refractivity contribution in [1.82, 2.24) is 14.7 Å². The standard InChI is InChI=1S/C23H22FN3O5S/c1-26(19-11-12-33(30,31)15-19)21(28)14-32-23(29)20-13-27(18-5-3-2-4-6-18)25-22(20)16-7-9-17(24)10-8-16/h2-10,13,19H,11-12,14-15H2,1H3. The van der Waals surface area contributed by atoms with Crippen molar-refractivity contribution in [1.29, 1.82) is 0 Å². The Bertz CT molecular complexity index is 1270. The van der Waals surface area contributed by atoms with Gasteiger partial charge in [0.15, 0.2) is 16.4 Å². The average Bonchev–Trinajstić information content (AvgIpc) is 3.41. The zero-order valence-electron chi connectivity index (χ0n) is 17.8. The molecule has 1 amide bonds. The van der Waals surface area contributed by atoms with E-state index in [0.717, 1.165) is 0 Å². The number of likely N-dealkylation sites (N-methyl/N-ethyl adjacent to an activating group) is 1. The summed E-state index contributed by atoms with van der Waals surface area (Å²) in [7, 11) is -1.65. The van der Waals surface area contributed by atoms with Gasteiger partial charge >= 0.3 is 5.97 Å². The summed E-state index contributed by atoms with van der Waals surface area (Å²) in [5.41, 5.74) is 1.62. The fourth-order valence-corrected chi connectivity index (χ4v) is 5.42. The number of ether oxygens (including phenoxy) is 1. The lowest BCUT2D eigenvalue weighted by molar-refractivity contribution is -0.134. The smallest absolute Gasteiger partial charge is 0.342 e. The minimum absolute atomic E-state index is 0.0365. The number of rotatable bonds is 6. The maximum atomic E-state index is 13.4. The molecule has 0 N–H and O–H groups in total. The molecule has 1 saturated heterocycles. The van der Waals surface area contributed by atoms with Crippen molar-refractivity contribution < 1.29 is 27.1 Å². The molecule has 0 radical (unpaired) electrons. The Morgan fingerprint density at radius 2 is 1.85 bits per heavy atom. The number of amides is 1. The van der Waals surface area contributed by atoms with Crippen molar-refractivity contribution in [3.63, 3.8) is 0 Å². The van der Waals surface area contributed by atoms with E-state index in [0.29, 0.717) is 17.7 Å². The number of carbonyl (C=O) groups excluding carboxylic acids is 2. The van der Waals surface area contributed by atoms with Gasteiger partial charge in [0.2, 0.25) is 0 Å². The van der Waals surface area contributed by atoms with Gasteiger partial charge in [0.25, 0.3) is 5.91 Å². The molecule has 0 aliphatic carbocycles. The van der Waals surface area contributed by atoms with Crippen LogP contribution in [0.25, 0.3) is 16.9 Å². The van der Waals surface area contributed by atoms with Crippen molar-refractivity contribution in [3.05, 3.63) is 72.2 Å². The van der Waals surface area contributed by atoms with E-state index < -0.39 is 40.2 Å². The number of esters is 1. The van der Waals surface area contributed by atoms with Crippen LogP contribution in [0.5, 0.6) is 0 Å². The van der Waals surface area contributed by atoms with Crippen LogP contribution in [-0.2, 0) is 19.4 Å². The fraction of sp³-hybridized carbons (Fsp3) is 0.261. The molecule has 4 rings (SSSR count). The van der Waals surface area contributed by atoms with E-state index in [1.54, 1.807) is 0 Å². The second-order valence-corrected chi connectivity index (χ2v) is 10.0. The zero-order valence-corrected chi connectivity index (χ0v) is 18.7. The van der Waals surface area contributed by atoms with Gasteiger partial charge in [-0.15, -0.1) is 0 Å². The number of aromatic nitrogens is 2. The van der Waals surface area contributed by atoms with Gasteiger partial charge in [-0.1, -0.05) is 18.2 Å². The molecule has 0 spiro atoms. The molecule has 172 valence electrons. The number of para-hydroxylation sites is 1. The van der Waals surface area contributed by atoms with E-state index in [9.17, 15) is 22.4 Å². The van der Waals surface area contributed by atoms with Gasteiger partial charge < -0.3 is 9.64 Å². The first-order chi connectivity index (χ1) is 15.7. The molecule has 33 heavy (non-hydrogen) atoms. The molecule has 0 bridgehead atoms. The fourth-order valence-electron chi connectivity index (χ4n) is 3.65. The van der Waals surface area contributed by atoms with Crippen LogP contribution in [-0.4, -0.2) is 66.2 Å². The Balaban J connectivity index is 1.54. The summed E-state index contributed by atoms with van der Waals surface area (Å²) in [6.07, 6.45) is 1.85. The molecular formula is C23H22FN3O5S. The Labute approximate surface area is 190 Å². The largest absolute Gasteiger partial charge is 0.452 e. The number of carbonyl (C=O) groups is 2. The van der Waals surface area contributed by atoms with Gasteiger partial charge in [0, 0.05) is 24.8 Å². The summed E-state index contributed by atoms with van der Waals surface area (Å²) in [5.74, 6) is -1.74. The van der Waals surface area contributed by atoms with Gasteiger partial charge in [0.1, 0.15) is 17.1 Å². The molecule has 10 heteroatoms. The third-order valence-corrected chi connectivity index (χ3v) is 7.30. The van der Waals surface area contributed by atoms with Crippen LogP contribution in [0.2, 0.25) is 0 Å². The maximum Gasteiger partial charge on any atom is 0.342 e. The summed E-state index contributed by atoms with van der Waals surface area (Å²) in [6.45, 7) is -0.536. The molecule has 1 unspecified atom stereocenters. The van der Waals surface area contributed by atoms with Gasteiger partial charge in [-0.05, 0) is 42.8 Å². The van der Waals surface area contributed by atoms with Crippen molar-refractivity contribution >= 4 is 21.7 Å². The van der Waals surface area contributed by atoms with Crippen LogP contribution in [0.15, 0.2) is 60.8 Å². The number of benzene rings is 2. The van der Waals surface area contributed by atoms with Crippen molar-refractivity contribution in [2.75, 3.05) is 25.2 Å². The molecule has 2 aromatic carbocycles. The van der Waals surface area contributed by atoms with Gasteiger partial charge in [-0.3, -0.25) is 4.79 Å². The highest BCUT2D eigenvalue weighted by atomic mass is 32.2. The maximum absolute atomic E-state index is 13.4. The zero-order chi connectivity index (χ0) is 23.6. The lowest BCUT2D eigenvalue weighted by atomic mass is 10.1. The highest BCUT2D eigenvalue weighted by Gasteiger charge is 2.33. The highest BCUT2D eigenvalue weighted by molar-refractivity contribution is 7.91. The minimum Gasteiger partial charge on any atom is -0.452 e. The van der Waals surface area contributed by atoms with Crippen LogP contribution in [0.4, 0.5) is 4.39 Å². The molecule has 1 aliphatic heterocycles. The number of halogens is 1. The van der Waals surface area contributed by atoms with Gasteiger partial charge in [-0.25, -0.2) is 22.3 Å². The van der Waals surface area contributed by atoms with E-state index in [1.165, 1.54) is 47.1 Å². The van der Waals surface area contributed by atoms with Crippen molar-refractivity contribution in [3.8, 4) is 16.9 Å². The first kappa shape index (κ1) is 22.7. The second kappa shape index (κ2) is 9.14. The van der Waals surface area contributed by atoms with Crippen LogP contribution in [0.3, 0.4) is 0 Å². The Hall–Kier alpha value is -3.53. The Morgan fingerprint density at radius 3 is 2.48 bits per heavy atom. The summed E-state index contributed by atoms with van der Waals surface area (Å²) >= 11 is 0. The van der Waals surface area contributed by atoms with E-state index in [4.69, 9.17) is 4.74 Å². The van der Waals surface area contributed by atoms with Crippen LogP contribution < -0.4 is 0 Å². The number of hydrogen-bond donors (Lipinski definition) is 0. The molecule has 1 aromatic heterocycles. The first-order valence-electron chi connectivity index (χ1n) is 10.3. The summed E-state index contributed by atoms with van der Waals surface area (Å²) in [6, 6.07) is 14.2. The van der Waals surface area contributed by atoms with Crippen LogP contribution in [0, 0.1) is 5.82 Å². The molecule has 1 atom stereocenters. The number of hydrogen-bond acceptors (Lipinski definition) is 6. The lowest BCUT2D eigenvalue weighted by Gasteiger charge is -2.23. The molecule has 1 aliphatic rings. The van der Waals surface area contributed by atoms with Crippen LogP contribution in [0.1, 0.15) is 16.8 Å². The third-order valence-electron chi connectivity index (χ3n) is 5.55. The van der Waals surface area contributed by atoms with E-state index in [-0.39, 0.29) is 22.8 Å². The molecule has 8 nitrogen and oxygen atoms in total. The predicted octanol–water partition coefficient (Wildman–Crippen LogP) is 2.48. The quantitative estimate of drug-likeness (QED) is 0.513. The number of sulfone groups is 1. The van der Waals surface area contributed by atoms with E-state index >= 15 is 0 Å².